The van der Waals surface area contributed by atoms with Gasteiger partial charge >= 0.3 is 5.97 Å². The molecule has 1 heterocycles. The highest BCUT2D eigenvalue weighted by atomic mass is 16.5. The first kappa shape index (κ1) is 19.2. The van der Waals surface area contributed by atoms with E-state index in [1.165, 1.54) is 6.92 Å². The maximum absolute atomic E-state index is 12.0. The molecule has 0 aliphatic heterocycles. The van der Waals surface area contributed by atoms with E-state index in [0.29, 0.717) is 12.0 Å². The summed E-state index contributed by atoms with van der Waals surface area (Å²) in [5.41, 5.74) is 6.98. The number of esters is 1. The lowest BCUT2D eigenvalue weighted by Crippen LogP contribution is -2.46. The van der Waals surface area contributed by atoms with Crippen LogP contribution in [-0.2, 0) is 20.7 Å². The van der Waals surface area contributed by atoms with Crippen molar-refractivity contribution in [2.45, 2.75) is 25.9 Å². The zero-order valence-electron chi connectivity index (χ0n) is 15.4. The van der Waals surface area contributed by atoms with Crippen molar-refractivity contribution in [1.29, 1.82) is 0 Å². The Morgan fingerprint density at radius 2 is 1.71 bits per heavy atom. The molecule has 0 aliphatic rings. The molecule has 0 radical (unpaired) electrons. The van der Waals surface area contributed by atoms with Gasteiger partial charge < -0.3 is 9.72 Å². The Bertz CT molecular complexity index is 981. The van der Waals surface area contributed by atoms with Crippen molar-refractivity contribution >= 4 is 28.7 Å². The number of ether oxygens (including phenoxy) is 1. The number of aromatic nitrogens is 1. The summed E-state index contributed by atoms with van der Waals surface area (Å²) in [7, 11) is 0. The zero-order chi connectivity index (χ0) is 19.9. The topological polar surface area (TPSA) is 100 Å². The fraction of sp³-hybridized carbons (Fsp3) is 0.190. The molecule has 3 N–H and O–H groups in total. The first-order valence-corrected chi connectivity index (χ1v) is 8.94. The summed E-state index contributed by atoms with van der Waals surface area (Å²) in [6.45, 7) is 1.45. The van der Waals surface area contributed by atoms with Crippen molar-refractivity contribution < 1.29 is 19.1 Å². The average Bonchev–Trinajstić information content (AvgIpc) is 3.14. The molecule has 1 atom stereocenters. The van der Waals surface area contributed by atoms with Gasteiger partial charge in [0.05, 0.1) is 0 Å². The fourth-order valence-corrected chi connectivity index (χ4v) is 2.77. The van der Waals surface area contributed by atoms with E-state index < -0.39 is 23.9 Å². The maximum atomic E-state index is 12.0. The molecule has 2 aromatic carbocycles. The normalized spacial score (nSPS) is 11.6. The maximum Gasteiger partial charge on any atom is 0.306 e. The van der Waals surface area contributed by atoms with Gasteiger partial charge in [-0.25, -0.2) is 0 Å². The van der Waals surface area contributed by atoms with Gasteiger partial charge in [0.2, 0.25) is 0 Å². The molecule has 7 heteroatoms. The molecule has 0 fully saturated rings. The monoisotopic (exact) mass is 379 g/mol. The van der Waals surface area contributed by atoms with Crippen molar-refractivity contribution in [1.82, 2.24) is 15.8 Å². The van der Waals surface area contributed by atoms with Crippen LogP contribution in [0.2, 0.25) is 0 Å². The molecule has 144 valence electrons. The Hall–Kier alpha value is -3.61. The number of fused-ring (bicyclic) bond motifs is 1. The number of nitrogens with one attached hydrogen (secondary N) is 3. The molecule has 2 amide bonds. The molecule has 7 nitrogen and oxygen atoms in total. The highest BCUT2D eigenvalue weighted by Gasteiger charge is 2.19. The Morgan fingerprint density at radius 3 is 2.50 bits per heavy atom. The number of aryl methyl sites for hydroxylation is 1. The van der Waals surface area contributed by atoms with Crippen LogP contribution >= 0.6 is 0 Å². The summed E-state index contributed by atoms with van der Waals surface area (Å²) >= 11 is 0. The van der Waals surface area contributed by atoms with Gasteiger partial charge in [-0.15, -0.1) is 0 Å². The van der Waals surface area contributed by atoms with E-state index in [1.807, 2.05) is 30.5 Å². The predicted octanol–water partition coefficient (Wildman–Crippen LogP) is 2.49. The number of amides is 2. The molecule has 28 heavy (non-hydrogen) atoms. The zero-order valence-corrected chi connectivity index (χ0v) is 15.4. The van der Waals surface area contributed by atoms with E-state index in [0.717, 1.165) is 16.5 Å². The molecule has 3 aromatic rings. The smallest absolute Gasteiger partial charge is 0.306 e. The Labute approximate surface area is 162 Å². The van der Waals surface area contributed by atoms with Gasteiger partial charge in [-0.05, 0) is 37.1 Å². The first-order chi connectivity index (χ1) is 13.5. The number of carbonyl (C=O) groups excluding carboxylic acids is 3. The van der Waals surface area contributed by atoms with E-state index in [9.17, 15) is 14.4 Å². The molecule has 1 aromatic heterocycles. The molecule has 0 saturated carbocycles. The molecular weight excluding hydrogens is 358 g/mol. The second kappa shape index (κ2) is 8.85. The summed E-state index contributed by atoms with van der Waals surface area (Å²) in [4.78, 5) is 39.1. The number of hydrazine groups is 1. The third-order valence-electron chi connectivity index (χ3n) is 4.29. The average molecular weight is 379 g/mol. The summed E-state index contributed by atoms with van der Waals surface area (Å²) in [5, 5.41) is 1.06. The van der Waals surface area contributed by atoms with Crippen molar-refractivity contribution in [2.24, 2.45) is 0 Å². The fourth-order valence-electron chi connectivity index (χ4n) is 2.77. The summed E-state index contributed by atoms with van der Waals surface area (Å²) in [6.07, 6.45) is 1.50. The third-order valence-corrected chi connectivity index (χ3v) is 4.29. The standard InChI is InChI=1S/C21H21N3O4/c1-14(20(26)23-24-21(27)15-7-3-2-4-8-15)28-19(25)12-11-16-13-22-18-10-6-5-9-17(16)18/h2-10,13-14,22H,11-12H2,1H3,(H,23,26)(H,24,27)/t14-/m1/s1. The number of hydrogen-bond acceptors (Lipinski definition) is 4. The van der Waals surface area contributed by atoms with E-state index >= 15 is 0 Å². The van der Waals surface area contributed by atoms with Gasteiger partial charge in [-0.3, -0.25) is 25.2 Å². The lowest BCUT2D eigenvalue weighted by Gasteiger charge is -2.14. The van der Waals surface area contributed by atoms with E-state index in [4.69, 9.17) is 4.74 Å². The summed E-state index contributed by atoms with van der Waals surface area (Å²) in [6, 6.07) is 16.3. The van der Waals surface area contributed by atoms with Crippen LogP contribution in [0.15, 0.2) is 60.8 Å². The molecule has 0 saturated heterocycles. The second-order valence-electron chi connectivity index (χ2n) is 6.30. The molecule has 0 spiro atoms. The lowest BCUT2D eigenvalue weighted by atomic mass is 10.1. The van der Waals surface area contributed by atoms with Gasteiger partial charge in [-0.1, -0.05) is 36.4 Å². The number of para-hydroxylation sites is 1. The minimum atomic E-state index is -1.02. The molecular formula is C21H21N3O4. The largest absolute Gasteiger partial charge is 0.452 e. The van der Waals surface area contributed by atoms with E-state index in [1.54, 1.807) is 30.3 Å². The number of rotatable bonds is 6. The minimum Gasteiger partial charge on any atom is -0.452 e. The number of H-pyrrole nitrogens is 1. The Kier molecular flexibility index (Phi) is 6.06. The Morgan fingerprint density at radius 1 is 1.00 bits per heavy atom. The van der Waals surface area contributed by atoms with E-state index in [2.05, 4.69) is 15.8 Å². The van der Waals surface area contributed by atoms with Gasteiger partial charge in [0.25, 0.3) is 11.8 Å². The van der Waals surface area contributed by atoms with Crippen LogP contribution in [0.3, 0.4) is 0 Å². The summed E-state index contributed by atoms with van der Waals surface area (Å²) < 4.78 is 5.15. The number of aromatic amines is 1. The van der Waals surface area contributed by atoms with Gasteiger partial charge in [-0.2, -0.15) is 0 Å². The van der Waals surface area contributed by atoms with Crippen LogP contribution in [0.4, 0.5) is 0 Å². The minimum absolute atomic E-state index is 0.149. The molecule has 0 unspecified atom stereocenters. The highest BCUT2D eigenvalue weighted by molar-refractivity contribution is 5.95. The van der Waals surface area contributed by atoms with Crippen molar-refractivity contribution in [3.8, 4) is 0 Å². The number of carbonyl (C=O) groups is 3. The first-order valence-electron chi connectivity index (χ1n) is 8.94. The quantitative estimate of drug-likeness (QED) is 0.452. The van der Waals surface area contributed by atoms with Crippen LogP contribution in [0.25, 0.3) is 10.9 Å². The SMILES string of the molecule is C[C@@H](OC(=O)CCc1c[nH]c2ccccc12)C(=O)NNC(=O)c1ccccc1. The van der Waals surface area contributed by atoms with E-state index in [-0.39, 0.29) is 6.42 Å². The molecule has 0 aliphatic carbocycles. The highest BCUT2D eigenvalue weighted by Crippen LogP contribution is 2.19. The van der Waals surface area contributed by atoms with Crippen molar-refractivity contribution in [3.63, 3.8) is 0 Å². The second-order valence-corrected chi connectivity index (χ2v) is 6.30. The molecule has 3 rings (SSSR count). The Balaban J connectivity index is 1.44. The van der Waals surface area contributed by atoms with Crippen LogP contribution in [-0.4, -0.2) is 28.9 Å². The van der Waals surface area contributed by atoms with Crippen molar-refractivity contribution in [2.75, 3.05) is 0 Å². The van der Waals surface area contributed by atoms with Gasteiger partial charge in [0.1, 0.15) is 0 Å². The summed E-state index contributed by atoms with van der Waals surface area (Å²) in [5.74, 6) is -1.54. The van der Waals surface area contributed by atoms with Crippen molar-refractivity contribution in [3.05, 3.63) is 71.9 Å². The van der Waals surface area contributed by atoms with Gasteiger partial charge in [0.15, 0.2) is 6.10 Å². The molecule has 0 bridgehead atoms. The number of benzene rings is 2. The number of hydrogen-bond donors (Lipinski definition) is 3. The third kappa shape index (κ3) is 4.76. The van der Waals surface area contributed by atoms with Crippen LogP contribution < -0.4 is 10.9 Å². The predicted molar refractivity (Wildman–Crippen MR) is 104 cm³/mol. The lowest BCUT2D eigenvalue weighted by molar-refractivity contribution is -0.155. The van der Waals surface area contributed by atoms with Gasteiger partial charge in [0, 0.05) is 29.1 Å². The van der Waals surface area contributed by atoms with Crippen LogP contribution in [0, 0.1) is 0 Å². The van der Waals surface area contributed by atoms with Crippen LogP contribution in [0.1, 0.15) is 29.3 Å². The van der Waals surface area contributed by atoms with Crippen LogP contribution in [0.5, 0.6) is 0 Å².